The molecule has 2 aromatic heterocycles. The van der Waals surface area contributed by atoms with Crippen LogP contribution in [0.1, 0.15) is 46.1 Å². The van der Waals surface area contributed by atoms with Gasteiger partial charge in [-0.3, -0.25) is 0 Å². The van der Waals surface area contributed by atoms with Crippen LogP contribution in [0.25, 0.3) is 76.4 Å². The Morgan fingerprint density at radius 3 is 1.15 bits per heavy atom. The topological polar surface area (TPSA) is 108 Å². The molecule has 310 valence electrons. The summed E-state index contributed by atoms with van der Waals surface area (Å²) in [5.74, 6) is -3.08. The zero-order valence-electron chi connectivity index (χ0n) is 30.3. The lowest BCUT2D eigenvalue weighted by Gasteiger charge is -2.18. The van der Waals surface area contributed by atoms with Crippen LogP contribution in [0.15, 0.2) is 93.8 Å². The van der Waals surface area contributed by atoms with Crippen molar-refractivity contribution in [2.24, 2.45) is 0 Å². The Labute approximate surface area is 339 Å². The first-order chi connectivity index (χ1) is 29.1. The van der Waals surface area contributed by atoms with E-state index < -0.39 is 104 Å². The van der Waals surface area contributed by atoms with E-state index in [0.29, 0.717) is 24.3 Å². The first-order valence-corrected chi connectivity index (χ1v) is 17.2. The van der Waals surface area contributed by atoms with E-state index in [0.717, 1.165) is 12.1 Å². The number of aromatic nitrogens is 2. The molecular weight excluding hydrogens is 848 g/mol. The van der Waals surface area contributed by atoms with Crippen LogP contribution >= 0.6 is 0 Å². The van der Waals surface area contributed by atoms with Gasteiger partial charge < -0.3 is 8.83 Å². The summed E-state index contributed by atoms with van der Waals surface area (Å²) in [7, 11) is 0. The average Bonchev–Trinajstić information content (AvgIpc) is 3.84. The van der Waals surface area contributed by atoms with E-state index >= 15 is 0 Å². The molecule has 0 spiro atoms. The molecule has 20 heteroatoms. The summed E-state index contributed by atoms with van der Waals surface area (Å²) in [6.07, 6.45) is -22.9. The average molecular weight is 865 g/mol. The number of halogens is 12. The summed E-state index contributed by atoms with van der Waals surface area (Å²) in [4.78, 5) is 15.0. The molecule has 2 heterocycles. The van der Waals surface area contributed by atoms with Crippen molar-refractivity contribution in [2.45, 2.75) is 36.8 Å². The van der Waals surface area contributed by atoms with Crippen molar-refractivity contribution in [3.05, 3.63) is 142 Å². The van der Waals surface area contributed by atoms with Crippen LogP contribution in [0.5, 0.6) is 0 Å². The second-order valence-corrected chi connectivity index (χ2v) is 13.2. The fourth-order valence-corrected chi connectivity index (χ4v) is 6.71. The van der Waals surface area contributed by atoms with Crippen molar-refractivity contribution >= 4 is 22.2 Å². The van der Waals surface area contributed by atoms with E-state index in [1.165, 1.54) is 36.4 Å². The Morgan fingerprint density at radius 1 is 0.500 bits per heavy atom. The van der Waals surface area contributed by atoms with Gasteiger partial charge in [-0.25, -0.2) is 27.8 Å². The van der Waals surface area contributed by atoms with Gasteiger partial charge >= 0.3 is 36.8 Å². The summed E-state index contributed by atoms with van der Waals surface area (Å²) in [5, 5.41) is 19.6. The highest BCUT2D eigenvalue weighted by atomic mass is 19.4. The zero-order valence-corrected chi connectivity index (χ0v) is 30.3. The monoisotopic (exact) mass is 864 g/mol. The molecule has 0 saturated heterocycles. The van der Waals surface area contributed by atoms with E-state index in [1.807, 2.05) is 0 Å². The van der Waals surface area contributed by atoms with Gasteiger partial charge in [0.05, 0.1) is 45.5 Å². The maximum atomic E-state index is 14.1. The van der Waals surface area contributed by atoms with Gasteiger partial charge in [0.25, 0.3) is 0 Å². The Morgan fingerprint density at radius 2 is 0.823 bits per heavy atom. The number of nitrogens with zero attached hydrogens (tertiary/aromatic N) is 6. The standard InChI is InChI=1S/C42H16F12N6O2/c1-57-36(58-2)38-60-33-31(29-10-6-4-8-27(29)20-13-24(41(49,50)51)16-25(14-20)42(52,53)54)34-32(59-37(61-34)21(17-55)18-56)30(35(33)62-38)28-9-5-3-7-26(28)19-11-22(39(43,44)45)15-23(12-19)40(46,47)48/h3-16,21,36H. The third-order valence-corrected chi connectivity index (χ3v) is 9.38. The number of hydrogen-bond acceptors (Lipinski definition) is 6. The maximum absolute atomic E-state index is 14.1. The van der Waals surface area contributed by atoms with Crippen LogP contribution in [0.4, 0.5) is 52.7 Å². The number of nitriles is 2. The summed E-state index contributed by atoms with van der Waals surface area (Å²) < 4.78 is 181. The van der Waals surface area contributed by atoms with Crippen LogP contribution in [0.3, 0.4) is 0 Å². The lowest BCUT2D eigenvalue weighted by atomic mass is 9.88. The minimum absolute atomic E-state index is 0.0950. The van der Waals surface area contributed by atoms with Crippen LogP contribution in [0.2, 0.25) is 0 Å². The molecule has 0 fully saturated rings. The zero-order chi connectivity index (χ0) is 45.1. The molecule has 0 aliphatic carbocycles. The smallest absolute Gasteiger partial charge is 0.437 e. The predicted molar refractivity (Wildman–Crippen MR) is 193 cm³/mol. The summed E-state index contributed by atoms with van der Waals surface area (Å²) in [6, 6.07) is 14.7. The van der Waals surface area contributed by atoms with Crippen molar-refractivity contribution in [1.82, 2.24) is 9.97 Å². The third-order valence-electron chi connectivity index (χ3n) is 9.38. The minimum Gasteiger partial charge on any atom is -0.437 e. The van der Waals surface area contributed by atoms with E-state index in [1.54, 1.807) is 12.1 Å². The molecule has 62 heavy (non-hydrogen) atoms. The number of rotatable bonds is 6. The van der Waals surface area contributed by atoms with Crippen LogP contribution in [-0.2, 0) is 24.7 Å². The van der Waals surface area contributed by atoms with Gasteiger partial charge in [-0.1, -0.05) is 48.5 Å². The first-order valence-electron chi connectivity index (χ1n) is 17.2. The third kappa shape index (κ3) is 7.58. The Balaban J connectivity index is 1.67. The first kappa shape index (κ1) is 42.3. The predicted octanol–water partition coefficient (Wildman–Crippen LogP) is 13.7. The maximum Gasteiger partial charge on any atom is 0.553 e. The van der Waals surface area contributed by atoms with Gasteiger partial charge in [-0.2, -0.15) is 68.2 Å². The van der Waals surface area contributed by atoms with E-state index in [-0.39, 0.29) is 45.5 Å². The molecule has 0 unspecified atom stereocenters. The van der Waals surface area contributed by atoms with Gasteiger partial charge in [0.15, 0.2) is 11.2 Å². The Bertz CT molecular complexity index is 2760. The van der Waals surface area contributed by atoms with Crippen molar-refractivity contribution < 1.29 is 61.5 Å². The van der Waals surface area contributed by atoms with Crippen LogP contribution < -0.4 is 0 Å². The number of oxazole rings is 2. The highest BCUT2D eigenvalue weighted by molar-refractivity contribution is 6.18. The SMILES string of the molecule is [C-]#[N+]C([N+]#[C-])c1nc2c(-c3ccccc3-c3cc(C(F)(F)F)cc(C(F)(F)F)c3)c3oc(C(C#N)C#N)nc3c(-c3ccccc3-c3cc(C(F)(F)F)cc(C(F)(F)F)c3)c2o1. The highest BCUT2D eigenvalue weighted by Gasteiger charge is 2.40. The quantitative estimate of drug-likeness (QED) is 0.122. The summed E-state index contributed by atoms with van der Waals surface area (Å²) in [5.41, 5.74) is -11.7. The molecule has 0 atom stereocenters. The van der Waals surface area contributed by atoms with Gasteiger partial charge in [0, 0.05) is 0 Å². The summed E-state index contributed by atoms with van der Waals surface area (Å²) >= 11 is 0. The Kier molecular flexibility index (Phi) is 10.2. The number of alkyl halides is 12. The van der Waals surface area contributed by atoms with Crippen LogP contribution in [0, 0.1) is 35.8 Å². The number of benzene rings is 5. The molecule has 0 amide bonds. The molecule has 7 rings (SSSR count). The largest absolute Gasteiger partial charge is 0.553 e. The number of fused-ring (bicyclic) bond motifs is 2. The van der Waals surface area contributed by atoms with Gasteiger partial charge in [-0.15, -0.1) is 0 Å². The lowest BCUT2D eigenvalue weighted by Crippen LogP contribution is -2.11. The van der Waals surface area contributed by atoms with Gasteiger partial charge in [-0.05, 0) is 69.8 Å². The van der Waals surface area contributed by atoms with Crippen molar-refractivity contribution in [3.63, 3.8) is 0 Å². The van der Waals surface area contributed by atoms with Crippen molar-refractivity contribution in [3.8, 4) is 56.6 Å². The lowest BCUT2D eigenvalue weighted by molar-refractivity contribution is -0.144. The Hall–Kier alpha value is -7.84. The molecule has 8 nitrogen and oxygen atoms in total. The van der Waals surface area contributed by atoms with E-state index in [9.17, 15) is 63.2 Å². The highest BCUT2D eigenvalue weighted by Crippen LogP contribution is 2.50. The normalized spacial score (nSPS) is 12.4. The molecule has 0 aliphatic heterocycles. The van der Waals surface area contributed by atoms with Crippen molar-refractivity contribution in [2.75, 3.05) is 0 Å². The molecular formula is C42H16F12N6O2. The second kappa shape index (κ2) is 15.0. The molecule has 7 aromatic rings. The van der Waals surface area contributed by atoms with Crippen LogP contribution in [-0.4, -0.2) is 9.97 Å². The van der Waals surface area contributed by atoms with Crippen molar-refractivity contribution in [1.29, 1.82) is 10.5 Å². The molecule has 0 N–H and O–H groups in total. The molecule has 0 bridgehead atoms. The molecule has 5 aromatic carbocycles. The second-order valence-electron chi connectivity index (χ2n) is 13.2. The minimum atomic E-state index is -5.28. The molecule has 0 aliphatic rings. The summed E-state index contributed by atoms with van der Waals surface area (Å²) in [6.45, 7) is 15.1. The van der Waals surface area contributed by atoms with Gasteiger partial charge in [0.1, 0.15) is 11.0 Å². The van der Waals surface area contributed by atoms with Gasteiger partial charge in [0.2, 0.25) is 11.8 Å². The molecule has 0 radical (unpaired) electrons. The fourth-order valence-electron chi connectivity index (χ4n) is 6.71. The fraction of sp³-hybridized carbons (Fsp3) is 0.143. The van der Waals surface area contributed by atoms with E-state index in [4.69, 9.17) is 22.0 Å². The van der Waals surface area contributed by atoms with E-state index in [2.05, 4.69) is 19.7 Å². The number of hydrogen-bond donors (Lipinski definition) is 0. The molecule has 0 saturated carbocycles.